The van der Waals surface area contributed by atoms with Gasteiger partial charge in [0.2, 0.25) is 5.44 Å². The minimum Gasteiger partial charge on any atom is -0.472 e. The molecule has 0 fully saturated rings. The van der Waals surface area contributed by atoms with Crippen molar-refractivity contribution < 1.29 is 17.7 Å². The first-order valence-corrected chi connectivity index (χ1v) is 6.13. The molecule has 4 nitrogen and oxygen atoms in total. The smallest absolute Gasteiger partial charge is 0.303 e. The maximum Gasteiger partial charge on any atom is 0.303 e. The van der Waals surface area contributed by atoms with Crippen molar-refractivity contribution in [1.29, 1.82) is 0 Å². The minimum absolute atomic E-state index is 0.201. The summed E-state index contributed by atoms with van der Waals surface area (Å²) in [6.45, 7) is 3.55. The van der Waals surface area contributed by atoms with Gasteiger partial charge in [-0.3, -0.25) is 4.55 Å². The van der Waals surface area contributed by atoms with Crippen LogP contribution in [-0.4, -0.2) is 18.4 Å². The van der Waals surface area contributed by atoms with Gasteiger partial charge in [-0.15, -0.1) is 0 Å². The van der Waals surface area contributed by atoms with Crippen LogP contribution < -0.4 is 4.74 Å². The molecule has 1 atom stereocenters. The Labute approximate surface area is 89.6 Å². The number of rotatable bonds is 4. The molecule has 0 aliphatic heterocycles. The van der Waals surface area contributed by atoms with Crippen molar-refractivity contribution in [3.63, 3.8) is 0 Å². The summed E-state index contributed by atoms with van der Waals surface area (Å²) in [5.41, 5.74) is -0.137. The van der Waals surface area contributed by atoms with Crippen LogP contribution in [0.1, 0.15) is 18.9 Å². The first-order valence-electron chi connectivity index (χ1n) is 4.63. The largest absolute Gasteiger partial charge is 0.472 e. The Hall–Kier alpha value is -1.07. The lowest BCUT2D eigenvalue weighted by molar-refractivity contribution is 0.252. The monoisotopic (exact) mass is 230 g/mol. The molecule has 0 aliphatic carbocycles. The van der Waals surface area contributed by atoms with E-state index in [9.17, 15) is 8.42 Å². The van der Waals surface area contributed by atoms with Crippen LogP contribution in [0.15, 0.2) is 24.3 Å². The quantitative estimate of drug-likeness (QED) is 0.803. The van der Waals surface area contributed by atoms with Gasteiger partial charge < -0.3 is 4.74 Å². The average Bonchev–Trinajstić information content (AvgIpc) is 2.15. The first-order chi connectivity index (χ1) is 6.93. The Bertz CT molecular complexity index is 408. The van der Waals surface area contributed by atoms with E-state index >= 15 is 0 Å². The summed E-state index contributed by atoms with van der Waals surface area (Å²) in [5, 5.41) is 0. The van der Waals surface area contributed by atoms with E-state index < -0.39 is 15.6 Å². The number of hydrogen-bond acceptors (Lipinski definition) is 3. The van der Waals surface area contributed by atoms with E-state index in [0.717, 1.165) is 5.56 Å². The lowest BCUT2D eigenvalue weighted by Gasteiger charge is -2.14. The third-order valence-electron chi connectivity index (χ3n) is 1.95. The normalized spacial score (nSPS) is 13.5. The highest BCUT2D eigenvalue weighted by molar-refractivity contribution is 7.86. The Balaban J connectivity index is 2.80. The van der Waals surface area contributed by atoms with E-state index in [-0.39, 0.29) is 6.42 Å². The van der Waals surface area contributed by atoms with Gasteiger partial charge in [0.25, 0.3) is 0 Å². The predicted molar refractivity (Wildman–Crippen MR) is 57.4 cm³/mol. The van der Waals surface area contributed by atoms with Crippen LogP contribution in [-0.2, 0) is 10.1 Å². The Morgan fingerprint density at radius 2 is 1.87 bits per heavy atom. The van der Waals surface area contributed by atoms with Gasteiger partial charge >= 0.3 is 10.1 Å². The topological polar surface area (TPSA) is 63.6 Å². The van der Waals surface area contributed by atoms with Crippen molar-refractivity contribution in [3.8, 4) is 5.75 Å². The van der Waals surface area contributed by atoms with Crippen LogP contribution in [0.4, 0.5) is 0 Å². The zero-order valence-corrected chi connectivity index (χ0v) is 9.49. The summed E-state index contributed by atoms with van der Waals surface area (Å²) >= 11 is 0. The number of hydrogen-bond donors (Lipinski definition) is 1. The second kappa shape index (κ2) is 4.63. The van der Waals surface area contributed by atoms with Crippen molar-refractivity contribution in [2.45, 2.75) is 25.7 Å². The summed E-state index contributed by atoms with van der Waals surface area (Å²) in [4.78, 5) is 0. The van der Waals surface area contributed by atoms with Crippen LogP contribution in [0.2, 0.25) is 0 Å². The standard InChI is InChI=1S/C10H14O4S/c1-3-10(15(11,12)13)14-9-6-4-8(2)5-7-9/h4-7,10H,3H2,1-2H3,(H,11,12,13). The number of aryl methyl sites for hydroxylation is 1. The highest BCUT2D eigenvalue weighted by Crippen LogP contribution is 2.16. The van der Waals surface area contributed by atoms with Crippen LogP contribution in [0, 0.1) is 6.92 Å². The zero-order valence-electron chi connectivity index (χ0n) is 8.67. The fraction of sp³-hybridized carbons (Fsp3) is 0.400. The fourth-order valence-electron chi connectivity index (χ4n) is 1.12. The van der Waals surface area contributed by atoms with E-state index in [4.69, 9.17) is 9.29 Å². The first kappa shape index (κ1) is 12.0. The van der Waals surface area contributed by atoms with Crippen LogP contribution in [0.5, 0.6) is 5.75 Å². The second-order valence-corrected chi connectivity index (χ2v) is 4.84. The van der Waals surface area contributed by atoms with Crippen molar-refractivity contribution >= 4 is 10.1 Å². The number of ether oxygens (including phenoxy) is 1. The maximum absolute atomic E-state index is 10.9. The van der Waals surface area contributed by atoms with Gasteiger partial charge in [0.05, 0.1) is 0 Å². The molecule has 1 rings (SSSR count). The lowest BCUT2D eigenvalue weighted by atomic mass is 10.2. The molecule has 0 aromatic heterocycles. The van der Waals surface area contributed by atoms with Crippen molar-refractivity contribution in [1.82, 2.24) is 0 Å². The lowest BCUT2D eigenvalue weighted by Crippen LogP contribution is -2.25. The van der Waals surface area contributed by atoms with E-state index in [1.54, 1.807) is 19.1 Å². The molecule has 1 aromatic rings. The molecule has 0 saturated carbocycles. The van der Waals surface area contributed by atoms with Gasteiger partial charge in [-0.25, -0.2) is 0 Å². The third kappa shape index (κ3) is 3.53. The maximum atomic E-state index is 10.9. The molecule has 0 aliphatic rings. The van der Waals surface area contributed by atoms with E-state index in [2.05, 4.69) is 0 Å². The molecule has 1 N–H and O–H groups in total. The SMILES string of the molecule is CCC(Oc1ccc(C)cc1)S(=O)(=O)O. The molecule has 0 amide bonds. The highest BCUT2D eigenvalue weighted by Gasteiger charge is 2.22. The molecule has 84 valence electrons. The molecule has 0 radical (unpaired) electrons. The van der Waals surface area contributed by atoms with E-state index in [0.29, 0.717) is 5.75 Å². The van der Waals surface area contributed by atoms with Gasteiger partial charge in [-0.1, -0.05) is 24.6 Å². The van der Waals surface area contributed by atoms with Crippen molar-refractivity contribution in [3.05, 3.63) is 29.8 Å². The molecule has 0 saturated heterocycles. The fourth-order valence-corrected chi connectivity index (χ4v) is 1.78. The second-order valence-electron chi connectivity index (χ2n) is 3.28. The zero-order chi connectivity index (χ0) is 11.5. The molecule has 1 aromatic carbocycles. The molecule has 15 heavy (non-hydrogen) atoms. The molecule has 0 spiro atoms. The molecule has 0 bridgehead atoms. The summed E-state index contributed by atoms with van der Waals surface area (Å²) in [5.74, 6) is 0.435. The van der Waals surface area contributed by atoms with Crippen molar-refractivity contribution in [2.75, 3.05) is 0 Å². The van der Waals surface area contributed by atoms with Gasteiger partial charge in [-0.2, -0.15) is 8.42 Å². The average molecular weight is 230 g/mol. The van der Waals surface area contributed by atoms with Gasteiger partial charge in [0.1, 0.15) is 5.75 Å². The molecular weight excluding hydrogens is 216 g/mol. The molecule has 1 unspecified atom stereocenters. The Morgan fingerprint density at radius 1 is 1.33 bits per heavy atom. The van der Waals surface area contributed by atoms with Crippen molar-refractivity contribution in [2.24, 2.45) is 0 Å². The van der Waals surface area contributed by atoms with Crippen LogP contribution >= 0.6 is 0 Å². The predicted octanol–water partition coefficient (Wildman–Crippen LogP) is 2.00. The summed E-state index contributed by atoms with van der Waals surface area (Å²) in [7, 11) is -4.15. The van der Waals surface area contributed by atoms with Gasteiger partial charge in [-0.05, 0) is 25.5 Å². The third-order valence-corrected chi connectivity index (χ3v) is 3.05. The minimum atomic E-state index is -4.15. The molecule has 0 heterocycles. The molecule has 5 heteroatoms. The summed E-state index contributed by atoms with van der Waals surface area (Å²) in [6, 6.07) is 6.96. The van der Waals surface area contributed by atoms with Crippen LogP contribution in [0.3, 0.4) is 0 Å². The van der Waals surface area contributed by atoms with Gasteiger partial charge in [0, 0.05) is 0 Å². The summed E-state index contributed by atoms with van der Waals surface area (Å²) < 4.78 is 35.7. The Morgan fingerprint density at radius 3 is 2.27 bits per heavy atom. The van der Waals surface area contributed by atoms with Crippen LogP contribution in [0.25, 0.3) is 0 Å². The van der Waals surface area contributed by atoms with Gasteiger partial charge in [0.15, 0.2) is 0 Å². The number of benzene rings is 1. The Kier molecular flexibility index (Phi) is 3.71. The molecular formula is C10H14O4S. The highest BCUT2D eigenvalue weighted by atomic mass is 32.2. The summed E-state index contributed by atoms with van der Waals surface area (Å²) in [6.07, 6.45) is 0.201. The van der Waals surface area contributed by atoms with E-state index in [1.165, 1.54) is 0 Å². The van der Waals surface area contributed by atoms with E-state index in [1.807, 2.05) is 19.1 Å².